The normalized spacial score (nSPS) is 17.8. The largest absolute Gasteiger partial charge is 0.334 e. The van der Waals surface area contributed by atoms with Crippen LogP contribution in [0.1, 0.15) is 25.2 Å². The van der Waals surface area contributed by atoms with Crippen molar-refractivity contribution >= 4 is 0 Å². The highest BCUT2D eigenvalue weighted by Crippen LogP contribution is 2.24. The molecule has 2 aromatic heterocycles. The minimum absolute atomic E-state index is 0.147. The van der Waals surface area contributed by atoms with Crippen LogP contribution in [0, 0.1) is 0 Å². The van der Waals surface area contributed by atoms with E-state index in [-0.39, 0.29) is 11.6 Å². The predicted molar refractivity (Wildman–Crippen MR) is 77.8 cm³/mol. The van der Waals surface area contributed by atoms with E-state index in [0.717, 1.165) is 38.2 Å². The molecule has 3 rings (SSSR count). The molecule has 7 nitrogen and oxygen atoms in total. The summed E-state index contributed by atoms with van der Waals surface area (Å²) in [5, 5.41) is 7.46. The van der Waals surface area contributed by atoms with Crippen LogP contribution >= 0.6 is 0 Å². The molecule has 1 aliphatic rings. The molecule has 0 amide bonds. The Morgan fingerprint density at radius 1 is 1.38 bits per heavy atom. The first kappa shape index (κ1) is 14.0. The quantitative estimate of drug-likeness (QED) is 0.865. The van der Waals surface area contributed by atoms with E-state index in [1.165, 1.54) is 6.07 Å². The van der Waals surface area contributed by atoms with Crippen molar-refractivity contribution in [1.29, 1.82) is 0 Å². The van der Waals surface area contributed by atoms with Gasteiger partial charge in [0, 0.05) is 38.4 Å². The summed E-state index contributed by atoms with van der Waals surface area (Å²) in [5.74, 6) is 1.15. The highest BCUT2D eigenvalue weighted by Gasteiger charge is 2.25. The van der Waals surface area contributed by atoms with E-state index < -0.39 is 0 Å². The molecule has 7 heteroatoms. The Labute approximate surface area is 122 Å². The number of piperazine rings is 1. The minimum Gasteiger partial charge on any atom is -0.334 e. The molecule has 1 fully saturated rings. The minimum atomic E-state index is -0.147. The number of pyridine rings is 1. The van der Waals surface area contributed by atoms with Gasteiger partial charge in [-0.05, 0) is 12.5 Å². The number of rotatable bonds is 4. The van der Waals surface area contributed by atoms with Gasteiger partial charge in [-0.15, -0.1) is 0 Å². The molecule has 21 heavy (non-hydrogen) atoms. The van der Waals surface area contributed by atoms with Gasteiger partial charge in [-0.2, -0.15) is 4.98 Å². The first-order chi connectivity index (χ1) is 10.3. The second-order valence-electron chi connectivity index (χ2n) is 5.11. The summed E-state index contributed by atoms with van der Waals surface area (Å²) in [6, 6.07) is 3.31. The molecule has 2 aromatic rings. The van der Waals surface area contributed by atoms with Crippen LogP contribution in [0.5, 0.6) is 0 Å². The van der Waals surface area contributed by atoms with Gasteiger partial charge in [0.25, 0.3) is 5.89 Å². The Hall–Kier alpha value is -1.99. The number of hydrogen-bond acceptors (Lipinski definition) is 6. The number of aromatic nitrogens is 3. The lowest BCUT2D eigenvalue weighted by Gasteiger charge is -2.32. The first-order valence-corrected chi connectivity index (χ1v) is 7.25. The highest BCUT2D eigenvalue weighted by molar-refractivity contribution is 5.50. The third-order valence-corrected chi connectivity index (χ3v) is 3.75. The van der Waals surface area contributed by atoms with Gasteiger partial charge in [0.1, 0.15) is 0 Å². The third kappa shape index (κ3) is 3.03. The highest BCUT2D eigenvalue weighted by atomic mass is 16.5. The molecule has 1 saturated heterocycles. The fourth-order valence-corrected chi connectivity index (χ4v) is 2.63. The number of aromatic amines is 1. The second-order valence-corrected chi connectivity index (χ2v) is 5.11. The number of nitrogens with zero attached hydrogens (tertiary/aromatic N) is 3. The smallest absolute Gasteiger partial charge is 0.259 e. The van der Waals surface area contributed by atoms with E-state index in [1.807, 2.05) is 0 Å². The van der Waals surface area contributed by atoms with Crippen molar-refractivity contribution in [2.45, 2.75) is 19.4 Å². The van der Waals surface area contributed by atoms with Gasteiger partial charge in [-0.25, -0.2) is 0 Å². The standard InChI is InChI=1S/C14H19N5O2/c1-2-11(19-7-5-15-6-8-19)13-17-14(21-18-13)10-3-4-12(20)16-9-10/h3-4,9,11,15H,2,5-8H2,1H3,(H,16,20). The Bertz CT molecular complexity index is 624. The van der Waals surface area contributed by atoms with E-state index in [9.17, 15) is 4.79 Å². The Kier molecular flexibility index (Phi) is 4.12. The van der Waals surface area contributed by atoms with Gasteiger partial charge in [-0.3, -0.25) is 9.69 Å². The van der Waals surface area contributed by atoms with E-state index >= 15 is 0 Å². The topological polar surface area (TPSA) is 87.0 Å². The second kappa shape index (κ2) is 6.19. The molecular weight excluding hydrogens is 270 g/mol. The van der Waals surface area contributed by atoms with E-state index in [0.29, 0.717) is 11.7 Å². The molecule has 1 aliphatic heterocycles. The molecule has 112 valence electrons. The average Bonchev–Trinajstić information content (AvgIpc) is 2.99. The maximum atomic E-state index is 11.1. The molecule has 0 radical (unpaired) electrons. The first-order valence-electron chi connectivity index (χ1n) is 7.25. The number of H-pyrrole nitrogens is 1. The molecule has 1 atom stereocenters. The van der Waals surface area contributed by atoms with Crippen molar-refractivity contribution in [2.24, 2.45) is 0 Å². The summed E-state index contributed by atoms with van der Waals surface area (Å²) >= 11 is 0. The summed E-state index contributed by atoms with van der Waals surface area (Å²) in [7, 11) is 0. The van der Waals surface area contributed by atoms with Crippen molar-refractivity contribution in [3.8, 4) is 11.5 Å². The lowest BCUT2D eigenvalue weighted by atomic mass is 10.1. The number of nitrogens with one attached hydrogen (secondary N) is 2. The third-order valence-electron chi connectivity index (χ3n) is 3.75. The van der Waals surface area contributed by atoms with E-state index in [1.54, 1.807) is 12.3 Å². The van der Waals surface area contributed by atoms with Gasteiger partial charge < -0.3 is 14.8 Å². The molecule has 0 saturated carbocycles. The SMILES string of the molecule is CCC(c1noc(-c2ccc(=O)[nH]c2)n1)N1CCNCC1. The number of hydrogen-bond donors (Lipinski definition) is 2. The van der Waals surface area contributed by atoms with Gasteiger partial charge in [-0.1, -0.05) is 12.1 Å². The maximum absolute atomic E-state index is 11.1. The van der Waals surface area contributed by atoms with Crippen LogP contribution in [-0.2, 0) is 0 Å². The fourth-order valence-electron chi connectivity index (χ4n) is 2.63. The monoisotopic (exact) mass is 289 g/mol. The van der Waals surface area contributed by atoms with Crippen LogP contribution < -0.4 is 10.9 Å². The Morgan fingerprint density at radius 3 is 2.86 bits per heavy atom. The van der Waals surface area contributed by atoms with Crippen LogP contribution in [-0.4, -0.2) is 46.2 Å². The van der Waals surface area contributed by atoms with Gasteiger partial charge in [0.05, 0.1) is 11.6 Å². The summed E-state index contributed by atoms with van der Waals surface area (Å²) < 4.78 is 5.34. The molecule has 0 aliphatic carbocycles. The van der Waals surface area contributed by atoms with Crippen LogP contribution in [0.25, 0.3) is 11.5 Å². The van der Waals surface area contributed by atoms with Crippen molar-refractivity contribution in [3.05, 3.63) is 34.5 Å². The molecule has 1 unspecified atom stereocenters. The van der Waals surface area contributed by atoms with Gasteiger partial charge >= 0.3 is 0 Å². The van der Waals surface area contributed by atoms with Crippen molar-refractivity contribution in [1.82, 2.24) is 25.3 Å². The summed E-state index contributed by atoms with van der Waals surface area (Å²) in [6.45, 7) is 6.08. The zero-order chi connectivity index (χ0) is 14.7. The molecular formula is C14H19N5O2. The van der Waals surface area contributed by atoms with Crippen molar-refractivity contribution < 1.29 is 4.52 Å². The lowest BCUT2D eigenvalue weighted by molar-refractivity contribution is 0.160. The predicted octanol–water partition coefficient (Wildman–Crippen LogP) is 0.781. The summed E-state index contributed by atoms with van der Waals surface area (Å²) in [6.07, 6.45) is 2.52. The Morgan fingerprint density at radius 2 is 2.19 bits per heavy atom. The molecule has 2 N–H and O–H groups in total. The maximum Gasteiger partial charge on any atom is 0.259 e. The Balaban J connectivity index is 1.82. The molecule has 3 heterocycles. The van der Waals surface area contributed by atoms with Crippen molar-refractivity contribution in [2.75, 3.05) is 26.2 Å². The van der Waals surface area contributed by atoms with E-state index in [2.05, 4.69) is 32.3 Å². The summed E-state index contributed by atoms with van der Waals surface area (Å²) in [4.78, 5) is 20.6. The van der Waals surface area contributed by atoms with Gasteiger partial charge in [0.2, 0.25) is 5.56 Å². The molecule has 0 bridgehead atoms. The van der Waals surface area contributed by atoms with Crippen LogP contribution in [0.2, 0.25) is 0 Å². The zero-order valence-corrected chi connectivity index (χ0v) is 12.0. The van der Waals surface area contributed by atoms with Crippen molar-refractivity contribution in [3.63, 3.8) is 0 Å². The summed E-state index contributed by atoms with van der Waals surface area (Å²) in [5.41, 5.74) is 0.578. The average molecular weight is 289 g/mol. The lowest BCUT2D eigenvalue weighted by Crippen LogP contribution is -2.45. The van der Waals surface area contributed by atoms with Crippen LogP contribution in [0.15, 0.2) is 27.6 Å². The fraction of sp³-hybridized carbons (Fsp3) is 0.500. The van der Waals surface area contributed by atoms with Crippen LogP contribution in [0.4, 0.5) is 0 Å². The zero-order valence-electron chi connectivity index (χ0n) is 12.0. The van der Waals surface area contributed by atoms with E-state index in [4.69, 9.17) is 4.52 Å². The molecule has 0 spiro atoms. The molecule has 0 aromatic carbocycles. The van der Waals surface area contributed by atoms with Gasteiger partial charge in [0.15, 0.2) is 5.82 Å². The van der Waals surface area contributed by atoms with Crippen LogP contribution in [0.3, 0.4) is 0 Å².